The Bertz CT molecular complexity index is 763. The van der Waals surface area contributed by atoms with Gasteiger partial charge in [0.15, 0.2) is 5.96 Å². The van der Waals surface area contributed by atoms with E-state index in [-0.39, 0.29) is 0 Å². The maximum Gasteiger partial charge on any atom is 0.191 e. The first-order valence-electron chi connectivity index (χ1n) is 9.84. The number of ether oxygens (including phenoxy) is 2. The number of hydrogen-bond donors (Lipinski definition) is 2. The molecule has 1 aliphatic heterocycles. The van der Waals surface area contributed by atoms with E-state index in [0.29, 0.717) is 35.7 Å². The molecule has 0 bridgehead atoms. The summed E-state index contributed by atoms with van der Waals surface area (Å²) in [6, 6.07) is 9.28. The van der Waals surface area contributed by atoms with Gasteiger partial charge in [0, 0.05) is 48.6 Å². The van der Waals surface area contributed by atoms with Crippen molar-refractivity contribution in [1.29, 1.82) is 0 Å². The van der Waals surface area contributed by atoms with E-state index in [1.165, 1.54) is 0 Å². The van der Waals surface area contributed by atoms with Crippen LogP contribution in [0.5, 0.6) is 0 Å². The van der Waals surface area contributed by atoms with Gasteiger partial charge in [0.05, 0.1) is 26.1 Å². The highest BCUT2D eigenvalue weighted by molar-refractivity contribution is 6.35. The number of nitrogens with zero attached hydrogens (tertiary/aromatic N) is 1. The van der Waals surface area contributed by atoms with Gasteiger partial charge in [-0.3, -0.25) is 4.99 Å². The highest BCUT2D eigenvalue weighted by Gasteiger charge is 2.15. The Morgan fingerprint density at radius 2 is 2.10 bits per heavy atom. The maximum absolute atomic E-state index is 6.17. The third-order valence-corrected chi connectivity index (χ3v) is 5.17. The molecule has 8 heteroatoms. The van der Waals surface area contributed by atoms with Gasteiger partial charge in [0.1, 0.15) is 5.76 Å². The lowest BCUT2D eigenvalue weighted by Gasteiger charge is -2.14. The van der Waals surface area contributed by atoms with Gasteiger partial charge in [-0.1, -0.05) is 29.3 Å². The van der Waals surface area contributed by atoms with Crippen LogP contribution in [0.4, 0.5) is 0 Å². The average Bonchev–Trinajstić information content (AvgIpc) is 3.41. The lowest BCUT2D eigenvalue weighted by molar-refractivity contribution is 0.125. The fourth-order valence-corrected chi connectivity index (χ4v) is 3.41. The Balaban J connectivity index is 1.40. The van der Waals surface area contributed by atoms with Crippen molar-refractivity contribution in [3.63, 3.8) is 0 Å². The molecular formula is C21H27Cl2N3O3. The molecule has 0 aliphatic carbocycles. The van der Waals surface area contributed by atoms with Gasteiger partial charge < -0.3 is 24.5 Å². The Hall–Kier alpha value is -1.73. The number of guanidine groups is 1. The van der Waals surface area contributed by atoms with E-state index < -0.39 is 0 Å². The predicted octanol–water partition coefficient (Wildman–Crippen LogP) is 3.92. The largest absolute Gasteiger partial charge is 0.469 e. The van der Waals surface area contributed by atoms with Crippen LogP contribution in [0.2, 0.25) is 10.0 Å². The number of nitrogens with one attached hydrogen (secondary N) is 2. The van der Waals surface area contributed by atoms with E-state index in [1.54, 1.807) is 12.3 Å². The van der Waals surface area contributed by atoms with Crippen molar-refractivity contribution >= 4 is 29.2 Å². The minimum absolute atomic E-state index is 0.440. The second kappa shape index (κ2) is 12.1. The molecule has 2 heterocycles. The summed E-state index contributed by atoms with van der Waals surface area (Å²) >= 11 is 12.1. The van der Waals surface area contributed by atoms with Gasteiger partial charge in [0.25, 0.3) is 0 Å². The van der Waals surface area contributed by atoms with Crippen molar-refractivity contribution < 1.29 is 13.9 Å². The smallest absolute Gasteiger partial charge is 0.191 e. The molecule has 2 N–H and O–H groups in total. The summed E-state index contributed by atoms with van der Waals surface area (Å²) in [7, 11) is 0. The van der Waals surface area contributed by atoms with Crippen molar-refractivity contribution in [3.05, 3.63) is 58.0 Å². The summed E-state index contributed by atoms with van der Waals surface area (Å²) in [6.07, 6.45) is 3.55. The summed E-state index contributed by atoms with van der Waals surface area (Å²) < 4.78 is 16.5. The number of hydrogen-bond acceptors (Lipinski definition) is 4. The molecule has 1 atom stereocenters. The lowest BCUT2D eigenvalue weighted by atomic mass is 10.1. The summed E-state index contributed by atoms with van der Waals surface area (Å²) in [5.41, 5.74) is 0.919. The van der Waals surface area contributed by atoms with Crippen LogP contribution in [-0.2, 0) is 22.5 Å². The molecule has 1 aliphatic rings. The molecule has 29 heavy (non-hydrogen) atoms. The van der Waals surface area contributed by atoms with Gasteiger partial charge in [0.2, 0.25) is 0 Å². The van der Waals surface area contributed by atoms with E-state index in [1.807, 2.05) is 24.3 Å². The van der Waals surface area contributed by atoms with Crippen LogP contribution in [0.25, 0.3) is 0 Å². The average molecular weight is 440 g/mol. The molecular weight excluding hydrogens is 413 g/mol. The van der Waals surface area contributed by atoms with Crippen LogP contribution in [-0.4, -0.2) is 45.4 Å². The molecule has 6 nitrogen and oxygen atoms in total. The molecule has 0 radical (unpaired) electrons. The molecule has 1 aromatic heterocycles. The zero-order chi connectivity index (χ0) is 20.3. The van der Waals surface area contributed by atoms with E-state index >= 15 is 0 Å². The highest BCUT2D eigenvalue weighted by atomic mass is 35.5. The highest BCUT2D eigenvalue weighted by Crippen LogP contribution is 2.21. The van der Waals surface area contributed by atoms with Gasteiger partial charge in [-0.05, 0) is 36.2 Å². The SMILES string of the molecule is Clc1ccc(COCCNC(=NCC2CCOC2)NCCc2ccco2)c(Cl)c1. The van der Waals surface area contributed by atoms with Crippen LogP contribution in [0.3, 0.4) is 0 Å². The Labute approximate surface area is 181 Å². The zero-order valence-electron chi connectivity index (χ0n) is 16.3. The maximum atomic E-state index is 6.17. The first-order valence-corrected chi connectivity index (χ1v) is 10.6. The molecule has 0 spiro atoms. The number of halogens is 2. The number of benzene rings is 1. The molecule has 158 valence electrons. The topological polar surface area (TPSA) is 68.0 Å². The standard InChI is InChI=1S/C21H27Cl2N3O3/c22-18-4-3-17(20(23)12-18)15-28-11-8-25-21(26-13-16-6-10-27-14-16)24-7-5-19-2-1-9-29-19/h1-4,9,12,16H,5-8,10-11,13-15H2,(H2,24,25,26). The van der Waals surface area contributed by atoms with Crippen molar-refractivity contribution in [2.45, 2.75) is 19.4 Å². The van der Waals surface area contributed by atoms with E-state index in [4.69, 9.17) is 42.1 Å². The first-order chi connectivity index (χ1) is 14.2. The van der Waals surface area contributed by atoms with Gasteiger partial charge in [-0.2, -0.15) is 0 Å². The number of furan rings is 1. The quantitative estimate of drug-likeness (QED) is 0.333. The summed E-state index contributed by atoms with van der Waals surface area (Å²) in [5, 5.41) is 7.91. The van der Waals surface area contributed by atoms with Crippen LogP contribution in [0.15, 0.2) is 46.0 Å². The molecule has 3 rings (SSSR count). The predicted molar refractivity (Wildman–Crippen MR) is 116 cm³/mol. The van der Waals surface area contributed by atoms with Gasteiger partial charge >= 0.3 is 0 Å². The number of aliphatic imine (C=N–C) groups is 1. The zero-order valence-corrected chi connectivity index (χ0v) is 17.8. The molecule has 1 saturated heterocycles. The van der Waals surface area contributed by atoms with Crippen LogP contribution in [0, 0.1) is 5.92 Å². The summed E-state index contributed by atoms with van der Waals surface area (Å²) in [6.45, 7) is 4.71. The van der Waals surface area contributed by atoms with Crippen molar-refractivity contribution in [2.75, 3.05) is 39.5 Å². The van der Waals surface area contributed by atoms with E-state index in [0.717, 1.165) is 56.4 Å². The lowest BCUT2D eigenvalue weighted by Crippen LogP contribution is -2.40. The monoisotopic (exact) mass is 439 g/mol. The van der Waals surface area contributed by atoms with E-state index in [9.17, 15) is 0 Å². The fourth-order valence-electron chi connectivity index (χ4n) is 2.94. The third-order valence-electron chi connectivity index (χ3n) is 4.59. The first kappa shape index (κ1) is 22.0. The molecule has 1 unspecified atom stereocenters. The van der Waals surface area contributed by atoms with Crippen LogP contribution in [0.1, 0.15) is 17.7 Å². The Kier molecular flexibility index (Phi) is 9.15. The van der Waals surface area contributed by atoms with Crippen molar-refractivity contribution in [3.8, 4) is 0 Å². The minimum Gasteiger partial charge on any atom is -0.469 e. The Morgan fingerprint density at radius 3 is 2.86 bits per heavy atom. The summed E-state index contributed by atoms with van der Waals surface area (Å²) in [5.74, 6) is 2.21. The van der Waals surface area contributed by atoms with Crippen molar-refractivity contribution in [1.82, 2.24) is 10.6 Å². The van der Waals surface area contributed by atoms with Crippen LogP contribution >= 0.6 is 23.2 Å². The molecule has 1 aromatic carbocycles. The number of rotatable bonds is 10. The second-order valence-electron chi connectivity index (χ2n) is 6.89. The van der Waals surface area contributed by atoms with Gasteiger partial charge in [-0.15, -0.1) is 0 Å². The molecule has 1 fully saturated rings. The molecule has 2 aromatic rings. The summed E-state index contributed by atoms with van der Waals surface area (Å²) in [4.78, 5) is 4.70. The molecule has 0 amide bonds. The third kappa shape index (κ3) is 7.90. The normalized spacial score (nSPS) is 16.9. The van der Waals surface area contributed by atoms with E-state index in [2.05, 4.69) is 10.6 Å². The van der Waals surface area contributed by atoms with Crippen molar-refractivity contribution in [2.24, 2.45) is 10.9 Å². The van der Waals surface area contributed by atoms with Crippen LogP contribution < -0.4 is 10.6 Å². The Morgan fingerprint density at radius 1 is 1.21 bits per heavy atom. The minimum atomic E-state index is 0.440. The molecule has 0 saturated carbocycles. The second-order valence-corrected chi connectivity index (χ2v) is 7.73. The van der Waals surface area contributed by atoms with Gasteiger partial charge in [-0.25, -0.2) is 0 Å². The fraction of sp³-hybridized carbons (Fsp3) is 0.476.